The van der Waals surface area contributed by atoms with Crippen molar-refractivity contribution in [1.82, 2.24) is 5.32 Å². The number of nitrogens with one attached hydrogen (secondary N) is 1. The number of thiocarbonyl (C=S) groups is 1. The van der Waals surface area contributed by atoms with E-state index in [1.54, 1.807) is 0 Å². The van der Waals surface area contributed by atoms with Crippen molar-refractivity contribution in [3.8, 4) is 0 Å². The third-order valence-electron chi connectivity index (χ3n) is 1.96. The van der Waals surface area contributed by atoms with Gasteiger partial charge in [-0.25, -0.2) is 0 Å². The van der Waals surface area contributed by atoms with Gasteiger partial charge < -0.3 is 5.32 Å². The van der Waals surface area contributed by atoms with E-state index in [1.807, 2.05) is 24.3 Å². The summed E-state index contributed by atoms with van der Waals surface area (Å²) in [7, 11) is 0. The lowest BCUT2D eigenvalue weighted by Crippen LogP contribution is -2.21. The Morgan fingerprint density at radius 1 is 1.35 bits per heavy atom. The van der Waals surface area contributed by atoms with Gasteiger partial charge in [0.25, 0.3) is 0 Å². The molecule has 0 aliphatic carbocycles. The number of benzene rings is 1. The minimum atomic E-state index is 0.608. The molecule has 1 nitrogen and oxygen atoms in total. The summed E-state index contributed by atoms with van der Waals surface area (Å²) in [5.74, 6) is 0.647. The minimum absolute atomic E-state index is 0.608. The molecule has 0 bridgehead atoms. The summed E-state index contributed by atoms with van der Waals surface area (Å²) >= 11 is 18.1. The maximum Gasteiger partial charge on any atom is 0.134 e. The molecule has 1 aromatic carbocycles. The summed E-state index contributed by atoms with van der Waals surface area (Å²) in [6.07, 6.45) is 0.916. The number of hydrogen-bond donors (Lipinski definition) is 1. The zero-order chi connectivity index (χ0) is 12.7. The number of halogens is 2. The summed E-state index contributed by atoms with van der Waals surface area (Å²) in [5.41, 5.74) is 1.23. The van der Waals surface area contributed by atoms with Crippen molar-refractivity contribution < 1.29 is 0 Å². The Hall–Kier alpha value is -0.220. The second-order valence-corrected chi connectivity index (χ2v) is 6.02. The molecule has 0 spiro atoms. The molecular formula is C12H13Cl2NS2. The van der Waals surface area contributed by atoms with Gasteiger partial charge in [-0.05, 0) is 24.1 Å². The van der Waals surface area contributed by atoms with Crippen LogP contribution in [0.1, 0.15) is 5.56 Å². The summed E-state index contributed by atoms with van der Waals surface area (Å²) < 4.78 is 0.751. The van der Waals surface area contributed by atoms with Crippen molar-refractivity contribution in [2.45, 2.75) is 6.42 Å². The first-order valence-electron chi connectivity index (χ1n) is 5.06. The third kappa shape index (κ3) is 6.94. The van der Waals surface area contributed by atoms with E-state index in [0.29, 0.717) is 10.8 Å². The SMILES string of the molecule is C=C(Cl)CSC(=S)NCCc1ccc(Cl)cc1. The Labute approximate surface area is 122 Å². The van der Waals surface area contributed by atoms with Crippen LogP contribution in [0.5, 0.6) is 0 Å². The van der Waals surface area contributed by atoms with Crippen molar-refractivity contribution in [1.29, 1.82) is 0 Å². The molecule has 0 fully saturated rings. The summed E-state index contributed by atoms with van der Waals surface area (Å²) in [6, 6.07) is 7.81. The highest BCUT2D eigenvalue weighted by Gasteiger charge is 1.98. The van der Waals surface area contributed by atoms with Gasteiger partial charge in [-0.3, -0.25) is 0 Å². The van der Waals surface area contributed by atoms with Crippen LogP contribution in [0.3, 0.4) is 0 Å². The summed E-state index contributed by atoms with van der Waals surface area (Å²) in [4.78, 5) is 0. The topological polar surface area (TPSA) is 12.0 Å². The quantitative estimate of drug-likeness (QED) is 0.817. The molecule has 0 aliphatic heterocycles. The number of thioether (sulfide) groups is 1. The lowest BCUT2D eigenvalue weighted by atomic mass is 10.1. The highest BCUT2D eigenvalue weighted by molar-refractivity contribution is 8.23. The fourth-order valence-corrected chi connectivity index (χ4v) is 2.22. The number of rotatable bonds is 5. The van der Waals surface area contributed by atoms with E-state index in [1.165, 1.54) is 17.3 Å². The van der Waals surface area contributed by atoms with Crippen molar-refractivity contribution in [3.05, 3.63) is 46.5 Å². The Morgan fingerprint density at radius 3 is 2.59 bits per heavy atom. The monoisotopic (exact) mass is 305 g/mol. The van der Waals surface area contributed by atoms with Gasteiger partial charge in [0.05, 0.1) is 0 Å². The van der Waals surface area contributed by atoms with Crippen LogP contribution in [-0.4, -0.2) is 16.6 Å². The smallest absolute Gasteiger partial charge is 0.134 e. The molecular weight excluding hydrogens is 293 g/mol. The zero-order valence-corrected chi connectivity index (χ0v) is 12.4. The highest BCUT2D eigenvalue weighted by atomic mass is 35.5. The molecule has 1 rings (SSSR count). The van der Waals surface area contributed by atoms with E-state index >= 15 is 0 Å². The van der Waals surface area contributed by atoms with Gasteiger partial charge in [-0.2, -0.15) is 0 Å². The van der Waals surface area contributed by atoms with Crippen molar-refractivity contribution in [2.24, 2.45) is 0 Å². The predicted octanol–water partition coefficient (Wildman–Crippen LogP) is 4.24. The first-order chi connectivity index (χ1) is 8.08. The van der Waals surface area contributed by atoms with Crippen LogP contribution < -0.4 is 5.32 Å². The van der Waals surface area contributed by atoms with Crippen LogP contribution in [-0.2, 0) is 6.42 Å². The second kappa shape index (κ2) is 7.98. The molecule has 92 valence electrons. The van der Waals surface area contributed by atoms with Gasteiger partial charge in [-0.15, -0.1) is 0 Å². The molecule has 0 aromatic heterocycles. The standard InChI is InChI=1S/C12H13Cl2NS2/c1-9(13)8-17-12(16)15-7-6-10-2-4-11(14)5-3-10/h2-5H,1,6-8H2,(H,15,16). The van der Waals surface area contributed by atoms with E-state index in [0.717, 1.165) is 22.3 Å². The Balaban J connectivity index is 2.21. The molecule has 0 saturated carbocycles. The van der Waals surface area contributed by atoms with Crippen LogP contribution >= 0.6 is 47.2 Å². The van der Waals surface area contributed by atoms with Crippen LogP contribution in [0, 0.1) is 0 Å². The molecule has 0 heterocycles. The van der Waals surface area contributed by atoms with Crippen molar-refractivity contribution >= 4 is 51.5 Å². The van der Waals surface area contributed by atoms with E-state index in [4.69, 9.17) is 35.4 Å². The summed E-state index contributed by atoms with van der Waals surface area (Å²) in [6.45, 7) is 4.42. The highest BCUT2D eigenvalue weighted by Crippen LogP contribution is 2.11. The third-order valence-corrected chi connectivity index (χ3v) is 3.90. The van der Waals surface area contributed by atoms with Crippen LogP contribution in [0.2, 0.25) is 5.02 Å². The maximum atomic E-state index is 5.81. The first kappa shape index (κ1) is 14.8. The van der Waals surface area contributed by atoms with Gasteiger partial charge in [0.15, 0.2) is 0 Å². The molecule has 1 aromatic rings. The Kier molecular flexibility index (Phi) is 6.97. The van der Waals surface area contributed by atoms with Crippen LogP contribution in [0.15, 0.2) is 35.9 Å². The normalized spacial score (nSPS) is 10.0. The molecule has 0 radical (unpaired) electrons. The van der Waals surface area contributed by atoms with Gasteiger partial charge >= 0.3 is 0 Å². The molecule has 0 unspecified atom stereocenters. The van der Waals surface area contributed by atoms with Gasteiger partial charge in [-0.1, -0.05) is 65.9 Å². The van der Waals surface area contributed by atoms with Crippen LogP contribution in [0.25, 0.3) is 0 Å². The number of hydrogen-bond acceptors (Lipinski definition) is 2. The van der Waals surface area contributed by atoms with Gasteiger partial charge in [0, 0.05) is 22.4 Å². The second-order valence-electron chi connectivity index (χ2n) is 3.40. The molecule has 0 aliphatic rings. The lowest BCUT2D eigenvalue weighted by Gasteiger charge is -2.07. The predicted molar refractivity (Wildman–Crippen MR) is 83.2 cm³/mol. The average Bonchev–Trinajstić information content (AvgIpc) is 2.29. The Morgan fingerprint density at radius 2 is 2.00 bits per heavy atom. The van der Waals surface area contributed by atoms with Gasteiger partial charge in [0.2, 0.25) is 0 Å². The molecule has 0 saturated heterocycles. The molecule has 17 heavy (non-hydrogen) atoms. The molecule has 0 amide bonds. The fourth-order valence-electron chi connectivity index (χ4n) is 1.15. The van der Waals surface area contributed by atoms with Crippen LogP contribution in [0.4, 0.5) is 0 Å². The Bertz CT molecular complexity index is 390. The largest absolute Gasteiger partial charge is 0.371 e. The molecule has 0 atom stereocenters. The van der Waals surface area contributed by atoms with E-state index in [2.05, 4.69) is 11.9 Å². The fraction of sp³-hybridized carbons (Fsp3) is 0.250. The molecule has 1 N–H and O–H groups in total. The zero-order valence-electron chi connectivity index (χ0n) is 9.21. The summed E-state index contributed by atoms with van der Waals surface area (Å²) in [5, 5.41) is 4.53. The van der Waals surface area contributed by atoms with Gasteiger partial charge in [0.1, 0.15) is 4.32 Å². The minimum Gasteiger partial charge on any atom is -0.371 e. The van der Waals surface area contributed by atoms with E-state index in [9.17, 15) is 0 Å². The van der Waals surface area contributed by atoms with Crippen molar-refractivity contribution in [3.63, 3.8) is 0 Å². The average molecular weight is 306 g/mol. The molecule has 5 heteroatoms. The van der Waals surface area contributed by atoms with Crippen molar-refractivity contribution in [2.75, 3.05) is 12.3 Å². The first-order valence-corrected chi connectivity index (χ1v) is 7.21. The lowest BCUT2D eigenvalue weighted by molar-refractivity contribution is 0.883. The van der Waals surface area contributed by atoms with E-state index in [-0.39, 0.29) is 0 Å². The van der Waals surface area contributed by atoms with E-state index < -0.39 is 0 Å². The maximum absolute atomic E-state index is 5.81.